The minimum absolute atomic E-state index is 0.250. The molecule has 24 heteroatoms. The second kappa shape index (κ2) is 22.4. The number of phosphoric acid groups is 1. The van der Waals surface area contributed by atoms with Gasteiger partial charge in [0.25, 0.3) is 0 Å². The van der Waals surface area contributed by atoms with Crippen LogP contribution < -0.4 is 32.3 Å². The number of rotatable bonds is 25. The number of carboxylic acid groups (broad SMARTS) is 4. The van der Waals surface area contributed by atoms with Gasteiger partial charge in [-0.05, 0) is 31.6 Å². The molecule has 0 fully saturated rings. The lowest BCUT2D eigenvalue weighted by Gasteiger charge is -2.29. The monoisotopic (exact) mass is 784 g/mol. The number of nitrogens with one attached hydrogen (secondary N) is 5. The van der Waals surface area contributed by atoms with Crippen molar-refractivity contribution in [3.05, 3.63) is 0 Å². The number of aliphatic carboxylic acids is 4. The van der Waals surface area contributed by atoms with Gasteiger partial charge < -0.3 is 62.5 Å². The molecule has 0 aromatic carbocycles. The van der Waals surface area contributed by atoms with Gasteiger partial charge in [-0.15, -0.1) is 0 Å². The molecule has 0 aliphatic carbocycles. The quantitative estimate of drug-likeness (QED) is 0.0417. The van der Waals surface area contributed by atoms with Crippen LogP contribution in [0.3, 0.4) is 0 Å². The number of carboxylic acids is 4. The third kappa shape index (κ3) is 18.6. The van der Waals surface area contributed by atoms with Crippen molar-refractivity contribution in [3.63, 3.8) is 0 Å². The van der Waals surface area contributed by atoms with Gasteiger partial charge in [0.15, 0.2) is 0 Å². The van der Waals surface area contributed by atoms with Crippen molar-refractivity contribution in [2.75, 3.05) is 0 Å². The van der Waals surface area contributed by atoms with Crippen molar-refractivity contribution in [2.24, 2.45) is 17.6 Å². The fraction of sp³-hybridized carbons (Fsp3) is 0.690. The highest BCUT2D eigenvalue weighted by atomic mass is 31.2. The van der Waals surface area contributed by atoms with Crippen molar-refractivity contribution < 1.29 is 82.5 Å². The summed E-state index contributed by atoms with van der Waals surface area (Å²) < 4.78 is 15.6. The van der Waals surface area contributed by atoms with Crippen LogP contribution in [-0.4, -0.2) is 126 Å². The number of nitrogens with two attached hydrogens (primary N) is 1. The van der Waals surface area contributed by atoms with E-state index in [-0.39, 0.29) is 6.42 Å². The summed E-state index contributed by atoms with van der Waals surface area (Å²) in [6, 6.07) is -9.99. The second-order valence-corrected chi connectivity index (χ2v) is 13.6. The van der Waals surface area contributed by atoms with E-state index in [4.69, 9.17) is 20.6 Å². The summed E-state index contributed by atoms with van der Waals surface area (Å²) in [5, 5.41) is 47.9. The number of carbonyl (C=O) groups excluding carboxylic acids is 5. The maximum absolute atomic E-state index is 13.5. The molecule has 8 atom stereocenters. The summed E-state index contributed by atoms with van der Waals surface area (Å²) in [6.45, 7) is 7.11. The molecular formula is C29H49N6O17P. The van der Waals surface area contributed by atoms with E-state index < -0.39 is 148 Å². The highest BCUT2D eigenvalue weighted by Gasteiger charge is 2.36. The molecule has 0 saturated heterocycles. The number of phosphoric ester groups is 1. The van der Waals surface area contributed by atoms with E-state index >= 15 is 0 Å². The smallest absolute Gasteiger partial charge is 0.469 e. The van der Waals surface area contributed by atoms with E-state index in [2.05, 4.69) is 25.8 Å². The van der Waals surface area contributed by atoms with Gasteiger partial charge in [-0.1, -0.05) is 34.1 Å². The zero-order valence-corrected chi connectivity index (χ0v) is 30.5. The first-order valence-corrected chi connectivity index (χ1v) is 17.7. The lowest BCUT2D eigenvalue weighted by molar-refractivity contribution is -0.147. The van der Waals surface area contributed by atoms with Gasteiger partial charge in [-0.3, -0.25) is 42.9 Å². The van der Waals surface area contributed by atoms with Crippen LogP contribution >= 0.6 is 7.82 Å². The molecule has 0 radical (unpaired) electrons. The maximum atomic E-state index is 13.5. The molecule has 0 aromatic rings. The normalized spacial score (nSPS) is 15.9. The Kier molecular flexibility index (Phi) is 20.4. The van der Waals surface area contributed by atoms with Crippen LogP contribution in [0.5, 0.6) is 0 Å². The molecule has 53 heavy (non-hydrogen) atoms. The Hall–Kier alpha value is -4.70. The Morgan fingerprint density at radius 2 is 1.04 bits per heavy atom. The molecule has 0 rings (SSSR count). The topological polar surface area (TPSA) is 387 Å². The van der Waals surface area contributed by atoms with E-state index in [1.54, 1.807) is 6.92 Å². The number of carbonyl (C=O) groups is 9. The predicted octanol–water partition coefficient (Wildman–Crippen LogP) is -2.77. The highest BCUT2D eigenvalue weighted by molar-refractivity contribution is 7.46. The first-order chi connectivity index (χ1) is 24.3. The minimum atomic E-state index is -5.05. The first-order valence-electron chi connectivity index (χ1n) is 16.2. The Labute approximate surface area is 303 Å². The van der Waals surface area contributed by atoms with E-state index in [0.29, 0.717) is 0 Å². The third-order valence-corrected chi connectivity index (χ3v) is 8.31. The average Bonchev–Trinajstić information content (AvgIpc) is 3.03. The van der Waals surface area contributed by atoms with Gasteiger partial charge in [0, 0.05) is 12.8 Å². The Morgan fingerprint density at radius 1 is 0.623 bits per heavy atom. The van der Waals surface area contributed by atoms with Crippen molar-refractivity contribution >= 4 is 61.2 Å². The van der Waals surface area contributed by atoms with Crippen molar-refractivity contribution in [1.82, 2.24) is 26.6 Å². The molecule has 0 heterocycles. The average molecular weight is 785 g/mol. The molecule has 302 valence electrons. The zero-order valence-electron chi connectivity index (χ0n) is 29.6. The fourth-order valence-electron chi connectivity index (χ4n) is 4.48. The molecule has 0 saturated carbocycles. The van der Waals surface area contributed by atoms with Crippen LogP contribution in [0.4, 0.5) is 0 Å². The van der Waals surface area contributed by atoms with Crippen LogP contribution in [0.2, 0.25) is 0 Å². The van der Waals surface area contributed by atoms with Gasteiger partial charge in [0.1, 0.15) is 36.3 Å². The van der Waals surface area contributed by atoms with Gasteiger partial charge >= 0.3 is 31.7 Å². The maximum Gasteiger partial charge on any atom is 0.469 e. The molecule has 0 unspecified atom stereocenters. The molecule has 23 nitrogen and oxygen atoms in total. The minimum Gasteiger partial charge on any atom is -0.481 e. The number of hydrogen-bond donors (Lipinski definition) is 12. The van der Waals surface area contributed by atoms with Crippen LogP contribution in [0, 0.1) is 11.8 Å². The van der Waals surface area contributed by atoms with E-state index in [1.165, 1.54) is 20.8 Å². The molecule has 0 bridgehead atoms. The Morgan fingerprint density at radius 3 is 1.43 bits per heavy atom. The summed E-state index contributed by atoms with van der Waals surface area (Å²) in [4.78, 5) is 129. The van der Waals surface area contributed by atoms with Gasteiger partial charge in [-0.2, -0.15) is 0 Å². The summed E-state index contributed by atoms with van der Waals surface area (Å²) in [5.74, 6) is -13.0. The summed E-state index contributed by atoms with van der Waals surface area (Å²) in [6.07, 6.45) is -4.86. The zero-order chi connectivity index (χ0) is 41.4. The summed E-state index contributed by atoms with van der Waals surface area (Å²) in [7, 11) is -5.05. The van der Waals surface area contributed by atoms with E-state index in [9.17, 15) is 63.0 Å². The molecule has 5 amide bonds. The van der Waals surface area contributed by atoms with Crippen molar-refractivity contribution in [1.29, 1.82) is 0 Å². The molecule has 0 spiro atoms. The predicted molar refractivity (Wildman–Crippen MR) is 178 cm³/mol. The van der Waals surface area contributed by atoms with Crippen LogP contribution in [0.15, 0.2) is 0 Å². The Balaban J connectivity index is 6.35. The van der Waals surface area contributed by atoms with Crippen LogP contribution in [-0.2, 0) is 52.2 Å². The fourth-order valence-corrected chi connectivity index (χ4v) is 5.04. The first kappa shape index (κ1) is 48.3. The molecule has 0 aliphatic heterocycles. The van der Waals surface area contributed by atoms with Gasteiger partial charge in [-0.25, -0.2) is 9.36 Å². The number of amides is 5. The van der Waals surface area contributed by atoms with Crippen molar-refractivity contribution in [2.45, 2.75) is 115 Å². The lowest BCUT2D eigenvalue weighted by atomic mass is 9.96. The molecule has 0 aliphatic rings. The van der Waals surface area contributed by atoms with Gasteiger partial charge in [0.05, 0.1) is 12.5 Å². The molecule has 0 aromatic heterocycles. The van der Waals surface area contributed by atoms with E-state index in [0.717, 1.165) is 6.92 Å². The van der Waals surface area contributed by atoms with Crippen LogP contribution in [0.25, 0.3) is 0 Å². The van der Waals surface area contributed by atoms with E-state index in [1.807, 2.05) is 5.32 Å². The summed E-state index contributed by atoms with van der Waals surface area (Å²) >= 11 is 0. The highest BCUT2D eigenvalue weighted by Crippen LogP contribution is 2.37. The largest absolute Gasteiger partial charge is 0.481 e. The molecular weight excluding hydrogens is 735 g/mol. The SMILES string of the molecule is CC[C@H](C)[C@H](NC(=O)[C@@H](N)[C@@H](C)OP(=O)(O)O)C(=O)N[C@@H](CCC(=O)O)C(=O)N[C@@H](CCC(=O)O)C(=O)N[C@H](C(=O)N[C@@H](CC(=O)O)C(=O)O)C(C)C. The number of hydrogen-bond acceptors (Lipinski definition) is 12. The standard InChI is InChI=1S/C29H49N6O17P/c1-6-13(4)23(35-26(44)21(30)14(5)52-53(49,50)51)28(46)32-15(7-9-18(36)37)24(42)31-16(8-10-19(38)39)25(43)34-22(12(2)3)27(45)33-17(29(47)48)11-20(40)41/h12-17,21-23H,6-11,30H2,1-5H3,(H,31,42)(H,32,46)(H,33,45)(H,34,43)(H,35,44)(H,36,37)(H,38,39)(H,40,41)(H,47,48)(H2,49,50,51)/t13-,14+,15-,16-,17-,21-,22-,23-/m0/s1. The molecule has 13 N–H and O–H groups in total. The van der Waals surface area contributed by atoms with Crippen molar-refractivity contribution in [3.8, 4) is 0 Å². The van der Waals surface area contributed by atoms with Gasteiger partial charge in [0.2, 0.25) is 29.5 Å². The second-order valence-electron chi connectivity index (χ2n) is 12.4. The Bertz CT molecular complexity index is 1410. The lowest BCUT2D eigenvalue weighted by Crippen LogP contribution is -2.61. The third-order valence-electron chi connectivity index (χ3n) is 7.71. The summed E-state index contributed by atoms with van der Waals surface area (Å²) in [5.41, 5.74) is 5.75. The van der Waals surface area contributed by atoms with Crippen LogP contribution in [0.1, 0.15) is 73.1 Å².